The second kappa shape index (κ2) is 4.54. The quantitative estimate of drug-likeness (QED) is 0.775. The van der Waals surface area contributed by atoms with Crippen molar-refractivity contribution < 1.29 is 12.4 Å². The van der Waals surface area contributed by atoms with Gasteiger partial charge < -0.3 is 11.1 Å². The Labute approximate surface area is 90.7 Å². The zero-order valence-electron chi connectivity index (χ0n) is 8.65. The molecule has 0 aliphatic heterocycles. The van der Waals surface area contributed by atoms with Crippen molar-refractivity contribution in [2.75, 3.05) is 0 Å². The molecule has 0 bridgehead atoms. The number of rotatable bonds is 3. The summed E-state index contributed by atoms with van der Waals surface area (Å²) < 4.78 is 0. The summed E-state index contributed by atoms with van der Waals surface area (Å²) in [5.41, 5.74) is 5.33. The summed E-state index contributed by atoms with van der Waals surface area (Å²) in [4.78, 5) is 26.2. The number of pyridine rings is 1. The number of nitrogens with zero attached hydrogens (tertiary/aromatic N) is 1. The summed E-state index contributed by atoms with van der Waals surface area (Å²) in [6.07, 6.45) is 0. The van der Waals surface area contributed by atoms with Gasteiger partial charge in [-0.3, -0.25) is 9.59 Å². The Morgan fingerprint density at radius 2 is 2.00 bits per heavy atom. The van der Waals surface area contributed by atoms with Crippen LogP contribution in [-0.2, 0) is 0 Å². The minimum atomic E-state index is -0.644. The molecule has 0 unspecified atom stereocenters. The summed E-state index contributed by atoms with van der Waals surface area (Å²) >= 11 is 0. The summed E-state index contributed by atoms with van der Waals surface area (Å²) in [6.45, 7) is 3.69. The second-order valence-electron chi connectivity index (χ2n) is 3.40. The van der Waals surface area contributed by atoms with Gasteiger partial charge in [-0.05, 0) is 26.0 Å². The molecule has 5 heteroatoms. The normalized spacial score (nSPS) is 10.1. The minimum absolute atomic E-state index is 0. The fourth-order valence-corrected chi connectivity index (χ4v) is 1.03. The lowest BCUT2D eigenvalue weighted by Gasteiger charge is -2.07. The van der Waals surface area contributed by atoms with Gasteiger partial charge in [0.25, 0.3) is 11.8 Å². The summed E-state index contributed by atoms with van der Waals surface area (Å²) in [7, 11) is 0. The fourth-order valence-electron chi connectivity index (χ4n) is 1.03. The monoisotopic (exact) mass is 211 g/mol. The molecule has 15 heavy (non-hydrogen) atoms. The smallest absolute Gasteiger partial charge is 0.270 e. The van der Waals surface area contributed by atoms with Gasteiger partial charge in [0.05, 0.1) is 0 Å². The van der Waals surface area contributed by atoms with Gasteiger partial charge in [-0.15, -0.1) is 0 Å². The molecule has 5 nitrogen and oxygen atoms in total. The number of aromatic nitrogens is 1. The average Bonchev–Trinajstić information content (AvgIpc) is 2.17. The van der Waals surface area contributed by atoms with Gasteiger partial charge in [0.2, 0.25) is 0 Å². The van der Waals surface area contributed by atoms with E-state index >= 15 is 0 Å². The highest BCUT2D eigenvalue weighted by atomic mass is 16.2. The van der Waals surface area contributed by atoms with Crippen molar-refractivity contribution >= 4 is 11.8 Å². The van der Waals surface area contributed by atoms with Crippen LogP contribution in [0, 0.1) is 0 Å². The second-order valence-corrected chi connectivity index (χ2v) is 3.40. The highest BCUT2D eigenvalue weighted by molar-refractivity contribution is 5.95. The molecule has 0 aromatic carbocycles. The first-order chi connectivity index (χ1) is 7.00. The van der Waals surface area contributed by atoms with Gasteiger partial charge in [-0.25, -0.2) is 4.98 Å². The minimum Gasteiger partial charge on any atom is -0.364 e. The van der Waals surface area contributed by atoms with E-state index in [1.807, 2.05) is 13.8 Å². The Morgan fingerprint density at radius 1 is 1.40 bits per heavy atom. The van der Waals surface area contributed by atoms with Crippen molar-refractivity contribution in [3.8, 4) is 0 Å². The number of carbonyl (C=O) groups excluding carboxylic acids is 2. The molecule has 1 rings (SSSR count). The van der Waals surface area contributed by atoms with E-state index in [0.717, 1.165) is 0 Å². The van der Waals surface area contributed by atoms with Gasteiger partial charge in [0, 0.05) is 8.90 Å². The molecule has 0 atom stereocenters. The number of hydrogen-bond donors (Lipinski definition) is 2. The van der Waals surface area contributed by atoms with Gasteiger partial charge in [0.1, 0.15) is 11.4 Å². The highest BCUT2D eigenvalue weighted by Crippen LogP contribution is 1.99. The molecule has 0 aliphatic rings. The number of hydrogen-bond acceptors (Lipinski definition) is 3. The number of primary amides is 1. The van der Waals surface area contributed by atoms with Crippen molar-refractivity contribution in [1.29, 1.82) is 0 Å². The van der Waals surface area contributed by atoms with Crippen molar-refractivity contribution in [2.45, 2.75) is 19.9 Å². The first-order valence-electron chi connectivity index (χ1n) is 4.58. The zero-order chi connectivity index (χ0) is 11.4. The lowest BCUT2D eigenvalue weighted by Crippen LogP contribution is -2.31. The van der Waals surface area contributed by atoms with Crippen LogP contribution in [0.2, 0.25) is 0 Å². The topological polar surface area (TPSA) is 85.1 Å². The van der Waals surface area contributed by atoms with E-state index in [-0.39, 0.29) is 26.2 Å². The van der Waals surface area contributed by atoms with Crippen molar-refractivity contribution in [1.82, 2.24) is 10.3 Å². The van der Waals surface area contributed by atoms with Gasteiger partial charge >= 0.3 is 0 Å². The maximum Gasteiger partial charge on any atom is 0.270 e. The van der Waals surface area contributed by atoms with E-state index in [0.29, 0.717) is 0 Å². The molecule has 0 aliphatic carbocycles. The molecule has 1 aromatic rings. The van der Waals surface area contributed by atoms with Crippen molar-refractivity contribution in [2.24, 2.45) is 5.73 Å². The maximum absolute atomic E-state index is 11.5. The van der Waals surface area contributed by atoms with Crippen molar-refractivity contribution in [3.63, 3.8) is 0 Å². The molecule has 0 saturated carbocycles. The first-order valence-corrected chi connectivity index (χ1v) is 4.58. The lowest BCUT2D eigenvalue weighted by molar-refractivity contribution is 0.0938. The van der Waals surface area contributed by atoms with Crippen LogP contribution in [0.5, 0.6) is 0 Å². The zero-order valence-corrected chi connectivity index (χ0v) is 8.65. The predicted octanol–water partition coefficient (Wildman–Crippen LogP) is 0.811. The van der Waals surface area contributed by atoms with Crippen LogP contribution >= 0.6 is 0 Å². The number of amides is 2. The maximum atomic E-state index is 11.5. The molecule has 84 valence electrons. The Bertz CT molecular complexity index is 397. The number of nitrogens with two attached hydrogens (primary N) is 1. The Balaban J connectivity index is 0. The molecule has 1 heterocycles. The molecule has 0 fully saturated rings. The highest BCUT2D eigenvalue weighted by Gasteiger charge is 2.10. The third-order valence-electron chi connectivity index (χ3n) is 1.65. The molecular weight excluding hydrogens is 194 g/mol. The van der Waals surface area contributed by atoms with Gasteiger partial charge in [-0.2, -0.15) is 0 Å². The van der Waals surface area contributed by atoms with Crippen LogP contribution in [0.15, 0.2) is 18.2 Å². The molecule has 1 aromatic heterocycles. The van der Waals surface area contributed by atoms with E-state index in [1.54, 1.807) is 6.07 Å². The largest absolute Gasteiger partial charge is 0.364 e. The third-order valence-corrected chi connectivity index (χ3v) is 1.65. The SMILES string of the molecule is CC(C)NC(=O)c1cccc(C(N)=O)n1.[HH].[HH]. The van der Waals surface area contributed by atoms with Crippen LogP contribution in [0.4, 0.5) is 0 Å². The third kappa shape index (κ3) is 3.05. The fraction of sp³-hybridized carbons (Fsp3) is 0.300. The Morgan fingerprint density at radius 3 is 2.53 bits per heavy atom. The summed E-state index contributed by atoms with van der Waals surface area (Å²) in [5.74, 6) is -0.956. The van der Waals surface area contributed by atoms with Crippen LogP contribution < -0.4 is 11.1 Å². The first kappa shape index (κ1) is 11.2. The van der Waals surface area contributed by atoms with E-state index in [9.17, 15) is 9.59 Å². The van der Waals surface area contributed by atoms with Gasteiger partial charge in [0.15, 0.2) is 0 Å². The Hall–Kier alpha value is -1.91. The average molecular weight is 211 g/mol. The van der Waals surface area contributed by atoms with Gasteiger partial charge in [-0.1, -0.05) is 6.07 Å². The summed E-state index contributed by atoms with van der Waals surface area (Å²) in [6, 6.07) is 4.59. The van der Waals surface area contributed by atoms with Crippen LogP contribution in [0.3, 0.4) is 0 Å². The van der Waals surface area contributed by atoms with Crippen molar-refractivity contribution in [3.05, 3.63) is 29.6 Å². The van der Waals surface area contributed by atoms with Crippen LogP contribution in [0.1, 0.15) is 37.7 Å². The predicted molar refractivity (Wildman–Crippen MR) is 59.6 cm³/mol. The van der Waals surface area contributed by atoms with E-state index < -0.39 is 5.91 Å². The molecular formula is C10H17N3O2. The standard InChI is InChI=1S/C10H13N3O2.2H2/c1-6(2)12-10(15)8-5-3-4-7(13-8)9(11)14;;/h3-6H,1-2H3,(H2,11,14)(H,12,15);2*1H. The van der Waals surface area contributed by atoms with E-state index in [4.69, 9.17) is 5.73 Å². The molecule has 0 radical (unpaired) electrons. The molecule has 0 saturated heterocycles. The van der Waals surface area contributed by atoms with Crippen LogP contribution in [-0.4, -0.2) is 22.8 Å². The molecule has 2 amide bonds. The summed E-state index contributed by atoms with van der Waals surface area (Å²) in [5, 5.41) is 2.67. The Kier molecular flexibility index (Phi) is 3.38. The van der Waals surface area contributed by atoms with E-state index in [1.165, 1.54) is 12.1 Å². The molecule has 3 N–H and O–H groups in total. The lowest BCUT2D eigenvalue weighted by atomic mass is 10.2. The van der Waals surface area contributed by atoms with Crippen LogP contribution in [0.25, 0.3) is 0 Å². The van der Waals surface area contributed by atoms with E-state index in [2.05, 4.69) is 10.3 Å². The molecule has 0 spiro atoms. The number of carbonyl (C=O) groups is 2. The number of nitrogens with one attached hydrogen (secondary N) is 1.